The van der Waals surface area contributed by atoms with E-state index in [4.69, 9.17) is 0 Å². The molecule has 3 rings (SSSR count). The molecule has 1 amide bonds. The minimum atomic E-state index is -0.209. The summed E-state index contributed by atoms with van der Waals surface area (Å²) in [4.78, 5) is 29.5. The number of pyridine rings is 1. The average molecular weight is 345 g/mol. The fourth-order valence-corrected chi connectivity index (χ4v) is 3.54. The van der Waals surface area contributed by atoms with Crippen molar-refractivity contribution in [3.63, 3.8) is 0 Å². The number of thiazole rings is 1. The third-order valence-corrected chi connectivity index (χ3v) is 4.82. The number of hydrogen-bond donors (Lipinski definition) is 1. The van der Waals surface area contributed by atoms with Gasteiger partial charge in [0.05, 0.1) is 17.2 Å². The maximum Gasteiger partial charge on any atom is 0.350 e. The van der Waals surface area contributed by atoms with E-state index in [0.717, 1.165) is 23.5 Å². The molecule has 3 aromatic rings. The van der Waals surface area contributed by atoms with Crippen molar-refractivity contribution in [2.45, 2.75) is 33.2 Å². The van der Waals surface area contributed by atoms with Gasteiger partial charge in [-0.25, -0.2) is 14.5 Å². The first kappa shape index (κ1) is 16.4. The Morgan fingerprint density at radius 2 is 2.21 bits per heavy atom. The summed E-state index contributed by atoms with van der Waals surface area (Å²) < 4.78 is 2.84. The maximum absolute atomic E-state index is 12.3. The quantitative estimate of drug-likeness (QED) is 0.736. The van der Waals surface area contributed by atoms with Gasteiger partial charge in [0, 0.05) is 12.7 Å². The number of rotatable bonds is 6. The molecule has 0 unspecified atom stereocenters. The Kier molecular flexibility index (Phi) is 4.75. The molecule has 0 radical (unpaired) electrons. The Balaban J connectivity index is 1.64. The summed E-state index contributed by atoms with van der Waals surface area (Å²) in [5.41, 5.74) is 1.14. The van der Waals surface area contributed by atoms with Gasteiger partial charge in [-0.1, -0.05) is 13.0 Å². The number of nitrogens with zero attached hydrogens (tertiary/aromatic N) is 4. The van der Waals surface area contributed by atoms with Gasteiger partial charge in [-0.2, -0.15) is 0 Å². The number of aromatic nitrogens is 4. The van der Waals surface area contributed by atoms with Gasteiger partial charge in [0.25, 0.3) is 5.91 Å². The minimum Gasteiger partial charge on any atom is -0.349 e. The van der Waals surface area contributed by atoms with Crippen LogP contribution in [0.15, 0.2) is 29.2 Å². The highest BCUT2D eigenvalue weighted by Crippen LogP contribution is 2.19. The van der Waals surface area contributed by atoms with Gasteiger partial charge in [0.1, 0.15) is 4.88 Å². The third-order valence-electron chi connectivity index (χ3n) is 3.61. The first-order valence-corrected chi connectivity index (χ1v) is 8.70. The molecule has 0 aliphatic heterocycles. The molecule has 0 saturated heterocycles. The van der Waals surface area contributed by atoms with Crippen LogP contribution in [0.25, 0.3) is 5.65 Å². The van der Waals surface area contributed by atoms with Crippen LogP contribution < -0.4 is 11.0 Å². The van der Waals surface area contributed by atoms with E-state index in [9.17, 15) is 9.59 Å². The summed E-state index contributed by atoms with van der Waals surface area (Å²) in [5.74, 6) is -0.149. The minimum absolute atomic E-state index is 0.149. The Labute approximate surface area is 143 Å². The van der Waals surface area contributed by atoms with E-state index in [-0.39, 0.29) is 11.6 Å². The molecule has 3 heterocycles. The van der Waals surface area contributed by atoms with Crippen LogP contribution in [0.1, 0.15) is 33.7 Å². The molecule has 0 aliphatic rings. The van der Waals surface area contributed by atoms with Crippen molar-refractivity contribution in [3.8, 4) is 0 Å². The van der Waals surface area contributed by atoms with Crippen molar-refractivity contribution < 1.29 is 4.79 Å². The molecular weight excluding hydrogens is 326 g/mol. The first-order chi connectivity index (χ1) is 11.6. The lowest BCUT2D eigenvalue weighted by atomic mass is 10.3. The number of amides is 1. The van der Waals surface area contributed by atoms with E-state index < -0.39 is 0 Å². The van der Waals surface area contributed by atoms with Gasteiger partial charge >= 0.3 is 5.69 Å². The highest BCUT2D eigenvalue weighted by Gasteiger charge is 2.15. The molecule has 0 atom stereocenters. The van der Waals surface area contributed by atoms with Crippen LogP contribution >= 0.6 is 11.3 Å². The number of carbonyl (C=O) groups excluding carboxylic acids is 1. The standard InChI is InChI=1S/C16H19N5O2S/c1-3-6-13-18-11(2)14(24-13)15(22)17-8-10-21-16(23)20-9-5-4-7-12(20)19-21/h4-5,7,9H,3,6,8,10H2,1-2H3,(H,17,22). The molecule has 0 bridgehead atoms. The van der Waals surface area contributed by atoms with E-state index in [1.807, 2.05) is 13.0 Å². The Hall–Kier alpha value is -2.48. The van der Waals surface area contributed by atoms with Crippen LogP contribution in [0.3, 0.4) is 0 Å². The molecular formula is C16H19N5O2S. The molecule has 0 spiro atoms. The number of carbonyl (C=O) groups is 1. The van der Waals surface area contributed by atoms with Gasteiger partial charge in [-0.05, 0) is 31.9 Å². The molecule has 7 nitrogen and oxygen atoms in total. The van der Waals surface area contributed by atoms with Gasteiger partial charge in [-0.3, -0.25) is 9.20 Å². The molecule has 0 fully saturated rings. The second-order valence-corrected chi connectivity index (χ2v) is 6.55. The maximum atomic E-state index is 12.3. The van der Waals surface area contributed by atoms with Gasteiger partial charge in [0.15, 0.2) is 5.65 Å². The zero-order valence-corrected chi connectivity index (χ0v) is 14.5. The zero-order chi connectivity index (χ0) is 17.1. The highest BCUT2D eigenvalue weighted by molar-refractivity contribution is 7.13. The second kappa shape index (κ2) is 6.96. The lowest BCUT2D eigenvalue weighted by molar-refractivity contribution is 0.0955. The molecule has 0 aromatic carbocycles. The first-order valence-electron chi connectivity index (χ1n) is 7.89. The summed E-state index contributed by atoms with van der Waals surface area (Å²) in [7, 11) is 0. The molecule has 0 aliphatic carbocycles. The number of nitrogens with one attached hydrogen (secondary N) is 1. The van der Waals surface area contributed by atoms with Crippen molar-refractivity contribution in [2.75, 3.05) is 6.54 Å². The molecule has 24 heavy (non-hydrogen) atoms. The van der Waals surface area contributed by atoms with Crippen LogP contribution in [0.5, 0.6) is 0 Å². The topological polar surface area (TPSA) is 81.3 Å². The Morgan fingerprint density at radius 1 is 1.38 bits per heavy atom. The van der Waals surface area contributed by atoms with Crippen molar-refractivity contribution >= 4 is 22.9 Å². The number of hydrogen-bond acceptors (Lipinski definition) is 5. The van der Waals surface area contributed by atoms with E-state index in [0.29, 0.717) is 23.6 Å². The highest BCUT2D eigenvalue weighted by atomic mass is 32.1. The number of aryl methyl sites for hydroxylation is 2. The van der Waals surface area contributed by atoms with Gasteiger partial charge in [0.2, 0.25) is 0 Å². The van der Waals surface area contributed by atoms with Crippen molar-refractivity contribution in [3.05, 3.63) is 50.5 Å². The van der Waals surface area contributed by atoms with E-state index >= 15 is 0 Å². The molecule has 0 saturated carbocycles. The molecule has 8 heteroatoms. The summed E-state index contributed by atoms with van der Waals surface area (Å²) in [6.45, 7) is 4.59. The zero-order valence-electron chi connectivity index (χ0n) is 13.7. The summed E-state index contributed by atoms with van der Waals surface area (Å²) in [6.07, 6.45) is 3.57. The van der Waals surface area contributed by atoms with Gasteiger partial charge < -0.3 is 5.32 Å². The van der Waals surface area contributed by atoms with Crippen LogP contribution in [-0.4, -0.2) is 31.6 Å². The summed E-state index contributed by atoms with van der Waals surface area (Å²) in [6, 6.07) is 5.38. The Morgan fingerprint density at radius 3 is 2.96 bits per heavy atom. The smallest absolute Gasteiger partial charge is 0.349 e. The van der Waals surface area contributed by atoms with E-state index in [1.54, 1.807) is 18.3 Å². The normalized spacial score (nSPS) is 11.1. The number of fused-ring (bicyclic) bond motifs is 1. The predicted molar refractivity (Wildman–Crippen MR) is 92.6 cm³/mol. The van der Waals surface area contributed by atoms with Crippen molar-refractivity contribution in [1.29, 1.82) is 0 Å². The van der Waals surface area contributed by atoms with E-state index in [1.165, 1.54) is 20.4 Å². The van der Waals surface area contributed by atoms with Crippen LogP contribution in [-0.2, 0) is 13.0 Å². The molecule has 126 valence electrons. The third kappa shape index (κ3) is 3.23. The summed E-state index contributed by atoms with van der Waals surface area (Å²) >= 11 is 1.43. The average Bonchev–Trinajstić information content (AvgIpc) is 3.09. The lowest BCUT2D eigenvalue weighted by Crippen LogP contribution is -2.31. The lowest BCUT2D eigenvalue weighted by Gasteiger charge is -2.03. The van der Waals surface area contributed by atoms with Crippen LogP contribution in [0, 0.1) is 6.92 Å². The summed E-state index contributed by atoms with van der Waals surface area (Å²) in [5, 5.41) is 8.05. The second-order valence-electron chi connectivity index (χ2n) is 5.46. The monoisotopic (exact) mass is 345 g/mol. The van der Waals surface area contributed by atoms with Crippen LogP contribution in [0.4, 0.5) is 0 Å². The SMILES string of the molecule is CCCc1nc(C)c(C(=O)NCCn2nc3ccccn3c2=O)s1. The fourth-order valence-electron chi connectivity index (χ4n) is 2.45. The Bertz CT molecular complexity index is 924. The largest absolute Gasteiger partial charge is 0.350 e. The molecule has 3 aromatic heterocycles. The van der Waals surface area contributed by atoms with Gasteiger partial charge in [-0.15, -0.1) is 16.4 Å². The van der Waals surface area contributed by atoms with Crippen LogP contribution in [0.2, 0.25) is 0 Å². The van der Waals surface area contributed by atoms with Crippen molar-refractivity contribution in [2.24, 2.45) is 0 Å². The predicted octanol–water partition coefficient (Wildman–Crippen LogP) is 1.64. The van der Waals surface area contributed by atoms with Crippen molar-refractivity contribution in [1.82, 2.24) is 24.5 Å². The fraction of sp³-hybridized carbons (Fsp3) is 0.375. The van der Waals surface area contributed by atoms with E-state index in [2.05, 4.69) is 22.3 Å². The molecule has 1 N–H and O–H groups in total.